The molecule has 0 amide bonds. The third-order valence-corrected chi connectivity index (χ3v) is 3.15. The normalized spacial score (nSPS) is 11.2. The molecule has 3 rings (SSSR count). The Morgan fingerprint density at radius 1 is 1.26 bits per heavy atom. The van der Waals surface area contributed by atoms with Crippen molar-refractivity contribution >= 4 is 17.8 Å². The molecule has 116 valence electrons. The van der Waals surface area contributed by atoms with Gasteiger partial charge in [0.1, 0.15) is 18.2 Å². The third-order valence-electron chi connectivity index (χ3n) is 2.91. The minimum absolute atomic E-state index is 0.196. The van der Waals surface area contributed by atoms with Gasteiger partial charge in [0, 0.05) is 5.02 Å². The summed E-state index contributed by atoms with van der Waals surface area (Å²) in [6.45, 7) is 0. The quantitative estimate of drug-likeness (QED) is 0.671. The van der Waals surface area contributed by atoms with Gasteiger partial charge in [-0.2, -0.15) is 5.10 Å². The zero-order valence-electron chi connectivity index (χ0n) is 11.4. The number of H-pyrrole nitrogens is 1. The molecule has 0 radical (unpaired) electrons. The second kappa shape index (κ2) is 5.89. The number of benzene rings is 1. The standard InChI is InChI=1S/C13H9ClN6O3/c14-8-2-1-3-9(4-8)20-12(22)10(11(21)18-13(20)23)5-17-19-6-15-16-7-19/h1-7,22H,(H,18,21,23). The molecular formula is C13H9ClN6O3. The van der Waals surface area contributed by atoms with Gasteiger partial charge in [-0.25, -0.2) is 14.0 Å². The lowest BCUT2D eigenvalue weighted by molar-refractivity contribution is 0.430. The fourth-order valence-corrected chi connectivity index (χ4v) is 2.07. The second-order valence-corrected chi connectivity index (χ2v) is 4.83. The molecule has 10 heteroatoms. The van der Waals surface area contributed by atoms with Crippen LogP contribution in [0.2, 0.25) is 5.02 Å². The number of nitrogens with one attached hydrogen (secondary N) is 1. The number of hydrogen-bond acceptors (Lipinski definition) is 6. The van der Waals surface area contributed by atoms with E-state index in [4.69, 9.17) is 11.6 Å². The highest BCUT2D eigenvalue weighted by Crippen LogP contribution is 2.18. The molecule has 0 bridgehead atoms. The zero-order valence-corrected chi connectivity index (χ0v) is 12.2. The van der Waals surface area contributed by atoms with Crippen LogP contribution in [0.5, 0.6) is 5.88 Å². The summed E-state index contributed by atoms with van der Waals surface area (Å²) in [6.07, 6.45) is 3.70. The summed E-state index contributed by atoms with van der Waals surface area (Å²) in [4.78, 5) is 26.0. The fraction of sp³-hybridized carbons (Fsp3) is 0. The molecule has 2 heterocycles. The predicted molar refractivity (Wildman–Crippen MR) is 82.3 cm³/mol. The maximum atomic E-state index is 12.0. The average molecular weight is 333 g/mol. The predicted octanol–water partition coefficient (Wildman–Crippen LogP) is 0.358. The summed E-state index contributed by atoms with van der Waals surface area (Å²) in [6, 6.07) is 6.26. The van der Waals surface area contributed by atoms with Gasteiger partial charge >= 0.3 is 5.69 Å². The zero-order chi connectivity index (χ0) is 16.4. The van der Waals surface area contributed by atoms with Crippen molar-refractivity contribution in [1.29, 1.82) is 0 Å². The summed E-state index contributed by atoms with van der Waals surface area (Å²) in [5.41, 5.74) is -1.47. The Morgan fingerprint density at radius 2 is 2.00 bits per heavy atom. The molecule has 2 N–H and O–H groups in total. The van der Waals surface area contributed by atoms with E-state index < -0.39 is 17.1 Å². The molecule has 0 aliphatic heterocycles. The highest BCUT2D eigenvalue weighted by molar-refractivity contribution is 6.30. The molecule has 2 aromatic heterocycles. The summed E-state index contributed by atoms with van der Waals surface area (Å²) in [5.74, 6) is -0.558. The van der Waals surface area contributed by atoms with E-state index in [0.29, 0.717) is 10.7 Å². The number of aromatic nitrogens is 5. The largest absolute Gasteiger partial charge is 0.493 e. The van der Waals surface area contributed by atoms with Crippen LogP contribution in [0.4, 0.5) is 0 Å². The molecular weight excluding hydrogens is 324 g/mol. The van der Waals surface area contributed by atoms with E-state index in [1.54, 1.807) is 18.2 Å². The summed E-state index contributed by atoms with van der Waals surface area (Å²) < 4.78 is 2.15. The maximum Gasteiger partial charge on any atom is 0.335 e. The molecule has 9 nitrogen and oxygen atoms in total. The Labute approximate surface area is 133 Å². The van der Waals surface area contributed by atoms with Crippen LogP contribution in [0.25, 0.3) is 5.69 Å². The Bertz CT molecular complexity index is 990. The van der Waals surface area contributed by atoms with Crippen molar-refractivity contribution in [2.75, 3.05) is 0 Å². The first-order chi connectivity index (χ1) is 11.1. The molecule has 3 aromatic rings. The Hall–Kier alpha value is -3.20. The molecule has 0 unspecified atom stereocenters. The van der Waals surface area contributed by atoms with Gasteiger partial charge < -0.3 is 5.11 Å². The van der Waals surface area contributed by atoms with Crippen LogP contribution in [0, 0.1) is 0 Å². The van der Waals surface area contributed by atoms with E-state index in [0.717, 1.165) is 10.8 Å². The van der Waals surface area contributed by atoms with Gasteiger partial charge in [0.15, 0.2) is 0 Å². The van der Waals surface area contributed by atoms with Crippen LogP contribution >= 0.6 is 11.6 Å². The number of nitrogens with zero attached hydrogens (tertiary/aromatic N) is 5. The number of hydrogen-bond donors (Lipinski definition) is 2. The van der Waals surface area contributed by atoms with Crippen LogP contribution < -0.4 is 11.2 Å². The van der Waals surface area contributed by atoms with E-state index in [2.05, 4.69) is 20.3 Å². The molecule has 0 fully saturated rings. The Kier molecular flexibility index (Phi) is 3.77. The minimum atomic E-state index is -0.795. The lowest BCUT2D eigenvalue weighted by atomic mass is 10.3. The second-order valence-electron chi connectivity index (χ2n) is 4.40. The lowest BCUT2D eigenvalue weighted by Crippen LogP contribution is -2.31. The molecule has 0 aliphatic rings. The van der Waals surface area contributed by atoms with Gasteiger partial charge in [-0.1, -0.05) is 17.7 Å². The van der Waals surface area contributed by atoms with Crippen LogP contribution in [-0.2, 0) is 0 Å². The van der Waals surface area contributed by atoms with Crippen LogP contribution in [0.15, 0.2) is 51.6 Å². The van der Waals surface area contributed by atoms with Gasteiger partial charge in [0.05, 0.1) is 11.9 Å². The van der Waals surface area contributed by atoms with Crippen molar-refractivity contribution < 1.29 is 5.11 Å². The van der Waals surface area contributed by atoms with Crippen LogP contribution in [0.3, 0.4) is 0 Å². The number of aromatic hydroxyl groups is 1. The van der Waals surface area contributed by atoms with Crippen molar-refractivity contribution in [3.63, 3.8) is 0 Å². The highest BCUT2D eigenvalue weighted by atomic mass is 35.5. The maximum absolute atomic E-state index is 12.0. The molecule has 1 aromatic carbocycles. The van der Waals surface area contributed by atoms with Crippen LogP contribution in [-0.4, -0.2) is 35.7 Å². The van der Waals surface area contributed by atoms with E-state index in [1.165, 1.54) is 23.4 Å². The van der Waals surface area contributed by atoms with Gasteiger partial charge in [0.25, 0.3) is 5.56 Å². The first kappa shape index (κ1) is 14.7. The Morgan fingerprint density at radius 3 is 2.70 bits per heavy atom. The summed E-state index contributed by atoms with van der Waals surface area (Å²) >= 11 is 5.89. The first-order valence-electron chi connectivity index (χ1n) is 6.29. The smallest absolute Gasteiger partial charge is 0.335 e. The van der Waals surface area contributed by atoms with Crippen LogP contribution in [0.1, 0.15) is 5.56 Å². The van der Waals surface area contributed by atoms with Crippen molar-refractivity contribution in [3.8, 4) is 11.6 Å². The van der Waals surface area contributed by atoms with E-state index >= 15 is 0 Å². The molecule has 0 saturated heterocycles. The molecule has 23 heavy (non-hydrogen) atoms. The SMILES string of the molecule is O=c1[nH]c(=O)n(-c2cccc(Cl)c2)c(O)c1C=Nn1cnnc1. The summed E-state index contributed by atoms with van der Waals surface area (Å²) in [5, 5.41) is 21.7. The molecule has 0 spiro atoms. The average Bonchev–Trinajstić information content (AvgIpc) is 3.00. The van der Waals surface area contributed by atoms with E-state index in [9.17, 15) is 14.7 Å². The minimum Gasteiger partial charge on any atom is -0.493 e. The summed E-state index contributed by atoms with van der Waals surface area (Å²) in [7, 11) is 0. The van der Waals surface area contributed by atoms with Gasteiger partial charge in [-0.3, -0.25) is 9.78 Å². The fourth-order valence-electron chi connectivity index (χ4n) is 1.89. The van der Waals surface area contributed by atoms with Gasteiger partial charge in [-0.15, -0.1) is 10.2 Å². The van der Waals surface area contributed by atoms with Crippen molar-refractivity contribution in [1.82, 2.24) is 24.4 Å². The third kappa shape index (κ3) is 2.90. The molecule has 0 atom stereocenters. The van der Waals surface area contributed by atoms with Crippen molar-refractivity contribution in [2.45, 2.75) is 0 Å². The van der Waals surface area contributed by atoms with Crippen molar-refractivity contribution in [2.24, 2.45) is 5.10 Å². The molecule has 0 saturated carbocycles. The number of aromatic amines is 1. The van der Waals surface area contributed by atoms with Crippen molar-refractivity contribution in [3.05, 3.63) is 68.3 Å². The van der Waals surface area contributed by atoms with E-state index in [1.807, 2.05) is 0 Å². The lowest BCUT2D eigenvalue weighted by Gasteiger charge is -2.09. The van der Waals surface area contributed by atoms with Gasteiger partial charge in [0.2, 0.25) is 5.88 Å². The monoisotopic (exact) mass is 332 g/mol. The number of halogens is 1. The first-order valence-corrected chi connectivity index (χ1v) is 6.67. The van der Waals surface area contributed by atoms with Gasteiger partial charge in [-0.05, 0) is 18.2 Å². The highest BCUT2D eigenvalue weighted by Gasteiger charge is 2.14. The number of rotatable bonds is 3. The topological polar surface area (TPSA) is 118 Å². The molecule has 0 aliphatic carbocycles. The Balaban J connectivity index is 2.17. The van der Waals surface area contributed by atoms with E-state index in [-0.39, 0.29) is 5.56 Å².